The van der Waals surface area contributed by atoms with Crippen LogP contribution in [0, 0.1) is 5.92 Å². The summed E-state index contributed by atoms with van der Waals surface area (Å²) in [6.07, 6.45) is 5.53. The molecule has 0 aliphatic carbocycles. The van der Waals surface area contributed by atoms with Crippen molar-refractivity contribution in [2.24, 2.45) is 11.7 Å². The number of nitrogens with zero attached hydrogens (tertiary/aromatic N) is 2. The second kappa shape index (κ2) is 7.24. The Hall–Kier alpha value is -1.62. The van der Waals surface area contributed by atoms with E-state index in [4.69, 9.17) is 5.73 Å². The third-order valence-corrected chi connectivity index (χ3v) is 3.73. The molecule has 0 saturated carbocycles. The zero-order valence-corrected chi connectivity index (χ0v) is 12.1. The Kier molecular flexibility index (Phi) is 5.35. The molecule has 0 bridgehead atoms. The third kappa shape index (κ3) is 4.20. The van der Waals surface area contributed by atoms with Gasteiger partial charge in [0, 0.05) is 19.5 Å². The van der Waals surface area contributed by atoms with Crippen molar-refractivity contribution in [1.29, 1.82) is 0 Å². The Morgan fingerprint density at radius 3 is 2.80 bits per heavy atom. The Balaban J connectivity index is 1.82. The van der Waals surface area contributed by atoms with Gasteiger partial charge in [0.1, 0.15) is 5.82 Å². The van der Waals surface area contributed by atoms with Gasteiger partial charge < -0.3 is 16.0 Å². The highest BCUT2D eigenvalue weighted by Gasteiger charge is 2.13. The quantitative estimate of drug-likeness (QED) is 0.833. The molecule has 1 unspecified atom stereocenters. The van der Waals surface area contributed by atoms with Crippen LogP contribution in [0.15, 0.2) is 18.3 Å². The predicted molar refractivity (Wildman–Crippen MR) is 81.8 cm³/mol. The fraction of sp³-hybridized carbons (Fsp3) is 0.600. The smallest absolute Gasteiger partial charge is 0.224 e. The molecule has 1 atom stereocenters. The number of aromatic nitrogens is 1. The second-order valence-electron chi connectivity index (χ2n) is 5.53. The number of anilines is 2. The summed E-state index contributed by atoms with van der Waals surface area (Å²) in [5.41, 5.74) is 6.30. The summed E-state index contributed by atoms with van der Waals surface area (Å²) in [6.45, 7) is 4.84. The minimum absolute atomic E-state index is 0.0287. The SMILES string of the molecule is CC(CN)CCC(=O)Nc1ccc(N2CCCC2)nc1. The van der Waals surface area contributed by atoms with Crippen LogP contribution in [-0.4, -0.2) is 30.5 Å². The predicted octanol–water partition coefficient (Wildman–Crippen LogP) is 2.00. The van der Waals surface area contributed by atoms with Gasteiger partial charge in [0.05, 0.1) is 11.9 Å². The Bertz CT molecular complexity index is 426. The van der Waals surface area contributed by atoms with Crippen LogP contribution in [0.4, 0.5) is 11.5 Å². The highest BCUT2D eigenvalue weighted by Crippen LogP contribution is 2.19. The number of pyridine rings is 1. The molecule has 1 fully saturated rings. The molecule has 0 spiro atoms. The van der Waals surface area contributed by atoms with Gasteiger partial charge in [-0.3, -0.25) is 4.79 Å². The number of rotatable bonds is 6. The van der Waals surface area contributed by atoms with Crippen molar-refractivity contribution in [3.8, 4) is 0 Å². The molecule has 1 saturated heterocycles. The number of hydrogen-bond donors (Lipinski definition) is 2. The van der Waals surface area contributed by atoms with Crippen molar-refractivity contribution in [1.82, 2.24) is 4.98 Å². The Morgan fingerprint density at radius 2 is 2.20 bits per heavy atom. The first-order chi connectivity index (χ1) is 9.69. The lowest BCUT2D eigenvalue weighted by molar-refractivity contribution is -0.116. The van der Waals surface area contributed by atoms with E-state index in [1.54, 1.807) is 6.20 Å². The molecular formula is C15H24N4O. The summed E-state index contributed by atoms with van der Waals surface area (Å²) in [5, 5.41) is 2.88. The number of carbonyl (C=O) groups excluding carboxylic acids is 1. The number of nitrogens with two attached hydrogens (primary N) is 1. The Labute approximate surface area is 120 Å². The molecular weight excluding hydrogens is 252 g/mol. The maximum atomic E-state index is 11.8. The van der Waals surface area contributed by atoms with Crippen LogP contribution in [0.5, 0.6) is 0 Å². The number of carbonyl (C=O) groups is 1. The molecule has 3 N–H and O–H groups in total. The third-order valence-electron chi connectivity index (χ3n) is 3.73. The van der Waals surface area contributed by atoms with Gasteiger partial charge in [-0.2, -0.15) is 0 Å². The van der Waals surface area contributed by atoms with Gasteiger partial charge in [-0.25, -0.2) is 4.98 Å². The van der Waals surface area contributed by atoms with Crippen molar-refractivity contribution in [2.45, 2.75) is 32.6 Å². The summed E-state index contributed by atoms with van der Waals surface area (Å²) in [6, 6.07) is 3.90. The lowest BCUT2D eigenvalue weighted by Crippen LogP contribution is -2.19. The van der Waals surface area contributed by atoms with E-state index in [0.29, 0.717) is 18.9 Å². The lowest BCUT2D eigenvalue weighted by atomic mass is 10.1. The lowest BCUT2D eigenvalue weighted by Gasteiger charge is -2.16. The fourth-order valence-corrected chi connectivity index (χ4v) is 2.31. The summed E-state index contributed by atoms with van der Waals surface area (Å²) in [4.78, 5) is 18.5. The van der Waals surface area contributed by atoms with Crippen molar-refractivity contribution >= 4 is 17.4 Å². The van der Waals surface area contributed by atoms with Gasteiger partial charge >= 0.3 is 0 Å². The van der Waals surface area contributed by atoms with Gasteiger partial charge in [-0.05, 0) is 43.9 Å². The zero-order valence-electron chi connectivity index (χ0n) is 12.1. The van der Waals surface area contributed by atoms with Crippen LogP contribution in [0.2, 0.25) is 0 Å². The van der Waals surface area contributed by atoms with E-state index < -0.39 is 0 Å². The first kappa shape index (κ1) is 14.8. The molecule has 1 aromatic heterocycles. The van der Waals surface area contributed by atoms with Crippen molar-refractivity contribution in [3.05, 3.63) is 18.3 Å². The summed E-state index contributed by atoms with van der Waals surface area (Å²) in [7, 11) is 0. The van der Waals surface area contributed by atoms with E-state index in [9.17, 15) is 4.79 Å². The highest BCUT2D eigenvalue weighted by atomic mass is 16.1. The van der Waals surface area contributed by atoms with Gasteiger partial charge in [0.25, 0.3) is 0 Å². The first-order valence-corrected chi connectivity index (χ1v) is 7.40. The van der Waals surface area contributed by atoms with Gasteiger partial charge in [0.2, 0.25) is 5.91 Å². The molecule has 1 aliphatic rings. The van der Waals surface area contributed by atoms with Gasteiger partial charge in [-0.15, -0.1) is 0 Å². The number of nitrogens with one attached hydrogen (secondary N) is 1. The fourth-order valence-electron chi connectivity index (χ4n) is 2.31. The molecule has 1 aromatic rings. The largest absolute Gasteiger partial charge is 0.357 e. The van der Waals surface area contributed by atoms with E-state index >= 15 is 0 Å². The van der Waals surface area contributed by atoms with Crippen LogP contribution >= 0.6 is 0 Å². The van der Waals surface area contributed by atoms with E-state index in [0.717, 1.165) is 31.0 Å². The normalized spacial score (nSPS) is 16.2. The molecule has 5 heteroatoms. The minimum atomic E-state index is 0.0287. The van der Waals surface area contributed by atoms with Crippen LogP contribution in [-0.2, 0) is 4.79 Å². The summed E-state index contributed by atoms with van der Waals surface area (Å²) >= 11 is 0. The second-order valence-corrected chi connectivity index (χ2v) is 5.53. The van der Waals surface area contributed by atoms with Crippen molar-refractivity contribution < 1.29 is 4.79 Å². The molecule has 20 heavy (non-hydrogen) atoms. The van der Waals surface area contributed by atoms with Crippen LogP contribution in [0.1, 0.15) is 32.6 Å². The maximum absolute atomic E-state index is 11.8. The molecule has 1 amide bonds. The monoisotopic (exact) mass is 276 g/mol. The molecule has 0 radical (unpaired) electrons. The van der Waals surface area contributed by atoms with Crippen LogP contribution in [0.3, 0.4) is 0 Å². The zero-order chi connectivity index (χ0) is 14.4. The van der Waals surface area contributed by atoms with Gasteiger partial charge in [-0.1, -0.05) is 6.92 Å². The number of hydrogen-bond acceptors (Lipinski definition) is 4. The Morgan fingerprint density at radius 1 is 1.45 bits per heavy atom. The standard InChI is InChI=1S/C15H24N4O/c1-12(10-16)4-7-15(20)18-13-5-6-14(17-11-13)19-8-2-3-9-19/h5-6,11-12H,2-4,7-10,16H2,1H3,(H,18,20). The summed E-state index contributed by atoms with van der Waals surface area (Å²) in [5.74, 6) is 1.41. The van der Waals surface area contributed by atoms with Gasteiger partial charge in [0.15, 0.2) is 0 Å². The minimum Gasteiger partial charge on any atom is -0.357 e. The van der Waals surface area contributed by atoms with Crippen LogP contribution < -0.4 is 16.0 Å². The molecule has 2 heterocycles. The highest BCUT2D eigenvalue weighted by molar-refractivity contribution is 5.90. The van der Waals surface area contributed by atoms with Crippen molar-refractivity contribution in [3.63, 3.8) is 0 Å². The maximum Gasteiger partial charge on any atom is 0.224 e. The van der Waals surface area contributed by atoms with E-state index in [2.05, 4.69) is 22.1 Å². The van der Waals surface area contributed by atoms with Crippen molar-refractivity contribution in [2.75, 3.05) is 29.9 Å². The van der Waals surface area contributed by atoms with E-state index in [-0.39, 0.29) is 5.91 Å². The average molecular weight is 276 g/mol. The van der Waals surface area contributed by atoms with E-state index in [1.165, 1.54) is 12.8 Å². The molecule has 0 aromatic carbocycles. The number of amides is 1. The van der Waals surface area contributed by atoms with E-state index in [1.807, 2.05) is 12.1 Å². The molecule has 110 valence electrons. The van der Waals surface area contributed by atoms with Crippen LogP contribution in [0.25, 0.3) is 0 Å². The average Bonchev–Trinajstić information content (AvgIpc) is 2.99. The summed E-state index contributed by atoms with van der Waals surface area (Å²) < 4.78 is 0. The molecule has 1 aliphatic heterocycles. The molecule has 2 rings (SSSR count). The first-order valence-electron chi connectivity index (χ1n) is 7.40. The topological polar surface area (TPSA) is 71.2 Å². The molecule has 5 nitrogen and oxygen atoms in total.